The molecule has 15 nitrogen and oxygen atoms in total. The molecule has 3 aromatic heterocycles. The Morgan fingerprint density at radius 2 is 1.66 bits per heavy atom. The molecule has 67 heavy (non-hydrogen) atoms. The number of piperidine rings is 1. The average molecular weight is 975 g/mol. The second kappa shape index (κ2) is 22.1. The number of nitrogens with one attached hydrogen (secondary N) is 3. The van der Waals surface area contributed by atoms with Crippen molar-refractivity contribution in [3.8, 4) is 28.5 Å². The Labute approximate surface area is 399 Å². The quantitative estimate of drug-likeness (QED) is 0.0791. The fraction of sp³-hybridized carbons (Fsp3) is 0.300. The summed E-state index contributed by atoms with van der Waals surface area (Å²) in [5.41, 5.74) is 6.06. The second-order valence-corrected chi connectivity index (χ2v) is 17.5. The van der Waals surface area contributed by atoms with Gasteiger partial charge in [0.25, 0.3) is 0 Å². The zero-order valence-corrected chi connectivity index (χ0v) is 40.5. The van der Waals surface area contributed by atoms with Gasteiger partial charge in [-0.25, -0.2) is 24.3 Å². The van der Waals surface area contributed by atoms with Crippen LogP contribution in [-0.2, 0) is 11.8 Å². The summed E-state index contributed by atoms with van der Waals surface area (Å²) in [6.07, 6.45) is 8.75. The minimum Gasteiger partial charge on any atom is -0.494 e. The lowest BCUT2D eigenvalue weighted by atomic mass is 9.98. The summed E-state index contributed by atoms with van der Waals surface area (Å²) in [5, 5.41) is 11.1. The highest BCUT2D eigenvalue weighted by atomic mass is 79.9. The van der Waals surface area contributed by atoms with Gasteiger partial charge in [-0.1, -0.05) is 40.7 Å². The highest BCUT2D eigenvalue weighted by Crippen LogP contribution is 2.39. The Kier molecular flexibility index (Phi) is 15.9. The molecule has 8 rings (SSSR count). The standard InChI is InChI=1S/C28H33N7O2.C22H24BrFN4O2/c1-7-27(36)30-22-16-23(26(37-6)17-25(22)34(4)15-14-33(2)3)32-28-29-13-12-21(31-28)20-18-35(5)24-11-9-8-10-19(20)24;1-28-7-5-14(6-8-28)12-30-21-11-19-16(10-20(21)29-2)22(26-13-25-19)27-18-4-3-15(23)9-17(18)24/h7-13,16-18H,1,14-15H2,2-6H3,(H,30,36)(H,29,31,32);3-4,9-11,13-14H,5-8,12H2,1-2H3,(H,25,26,27). The third-order valence-corrected chi connectivity index (χ3v) is 12.0. The van der Waals surface area contributed by atoms with Crippen molar-refractivity contribution in [2.24, 2.45) is 13.0 Å². The predicted octanol–water partition coefficient (Wildman–Crippen LogP) is 9.51. The van der Waals surface area contributed by atoms with E-state index >= 15 is 0 Å². The van der Waals surface area contributed by atoms with Gasteiger partial charge in [0, 0.05) is 78.0 Å². The van der Waals surface area contributed by atoms with E-state index < -0.39 is 0 Å². The van der Waals surface area contributed by atoms with Crippen molar-refractivity contribution in [1.82, 2.24) is 34.3 Å². The summed E-state index contributed by atoms with van der Waals surface area (Å²) in [6.45, 7) is 8.03. The molecule has 1 saturated heterocycles. The largest absolute Gasteiger partial charge is 0.494 e. The number of benzene rings is 4. The number of fused-ring (bicyclic) bond motifs is 2. The zero-order chi connectivity index (χ0) is 47.6. The number of methoxy groups -OCH3 is 2. The lowest BCUT2D eigenvalue weighted by Crippen LogP contribution is -2.32. The van der Waals surface area contributed by atoms with E-state index in [4.69, 9.17) is 19.2 Å². The van der Waals surface area contributed by atoms with Crippen molar-refractivity contribution in [3.05, 3.63) is 114 Å². The molecular weight excluding hydrogens is 918 g/mol. The molecule has 0 saturated carbocycles. The molecule has 17 heteroatoms. The van der Waals surface area contributed by atoms with Gasteiger partial charge in [0.05, 0.1) is 54.8 Å². The van der Waals surface area contributed by atoms with Gasteiger partial charge in [-0.3, -0.25) is 4.79 Å². The Hall–Kier alpha value is -6.82. The minimum absolute atomic E-state index is 0.299. The first-order chi connectivity index (χ1) is 32.3. The molecule has 0 unspecified atom stereocenters. The smallest absolute Gasteiger partial charge is 0.247 e. The minimum atomic E-state index is -0.374. The number of likely N-dealkylation sites (N-methyl/N-ethyl adjacent to an activating group) is 2. The van der Waals surface area contributed by atoms with E-state index in [0.29, 0.717) is 68.6 Å². The fourth-order valence-electron chi connectivity index (χ4n) is 7.73. The van der Waals surface area contributed by atoms with Gasteiger partial charge in [-0.05, 0) is 102 Å². The van der Waals surface area contributed by atoms with E-state index in [1.54, 1.807) is 32.5 Å². The third kappa shape index (κ3) is 12.0. The molecule has 0 radical (unpaired) electrons. The number of hydrogen-bond donors (Lipinski definition) is 3. The number of aryl methyl sites for hydroxylation is 1. The highest BCUT2D eigenvalue weighted by Gasteiger charge is 2.20. The third-order valence-electron chi connectivity index (χ3n) is 11.5. The van der Waals surface area contributed by atoms with E-state index in [1.165, 1.54) is 18.5 Å². The van der Waals surface area contributed by atoms with E-state index in [9.17, 15) is 9.18 Å². The predicted molar refractivity (Wildman–Crippen MR) is 270 cm³/mol. The van der Waals surface area contributed by atoms with Crippen LogP contribution in [0.4, 0.5) is 38.9 Å². The first-order valence-electron chi connectivity index (χ1n) is 21.9. The molecule has 1 amide bonds. The number of halogens is 2. The van der Waals surface area contributed by atoms with Crippen LogP contribution in [-0.4, -0.2) is 115 Å². The normalized spacial score (nSPS) is 12.9. The van der Waals surface area contributed by atoms with Gasteiger partial charge in [-0.15, -0.1) is 0 Å². The van der Waals surface area contributed by atoms with Crippen LogP contribution < -0.4 is 35.1 Å². The molecule has 3 N–H and O–H groups in total. The second-order valence-electron chi connectivity index (χ2n) is 16.6. The number of nitrogens with zero attached hydrogens (tertiary/aromatic N) is 8. The van der Waals surface area contributed by atoms with Crippen molar-refractivity contribution in [1.29, 1.82) is 0 Å². The van der Waals surface area contributed by atoms with Crippen LogP contribution in [0.25, 0.3) is 33.1 Å². The highest BCUT2D eigenvalue weighted by molar-refractivity contribution is 9.10. The zero-order valence-electron chi connectivity index (χ0n) is 38.9. The summed E-state index contributed by atoms with van der Waals surface area (Å²) in [7, 11) is 13.4. The molecule has 0 bridgehead atoms. The number of amides is 1. The number of anilines is 6. The molecule has 7 aromatic rings. The van der Waals surface area contributed by atoms with Crippen LogP contribution in [0.15, 0.2) is 109 Å². The first-order valence-corrected chi connectivity index (χ1v) is 22.6. The maximum atomic E-state index is 14.3. The van der Waals surface area contributed by atoms with Crippen molar-refractivity contribution < 1.29 is 23.4 Å². The molecule has 4 aromatic carbocycles. The molecule has 0 atom stereocenters. The maximum Gasteiger partial charge on any atom is 0.247 e. The number of ether oxygens (including phenoxy) is 3. The number of hydrogen-bond acceptors (Lipinski definition) is 13. The molecule has 1 fully saturated rings. The Bertz CT molecular complexity index is 2850. The van der Waals surface area contributed by atoms with Gasteiger partial charge >= 0.3 is 0 Å². The molecule has 1 aliphatic rings. The van der Waals surface area contributed by atoms with Crippen LogP contribution in [0.3, 0.4) is 0 Å². The average Bonchev–Trinajstić information content (AvgIpc) is 3.67. The lowest BCUT2D eigenvalue weighted by Gasteiger charge is -2.28. The van der Waals surface area contributed by atoms with Crippen LogP contribution in [0.5, 0.6) is 17.2 Å². The SMILES string of the molecule is C=CC(=O)Nc1cc(Nc2nccc(-c3cn(C)c4ccccc34)n2)c(OC)cc1N(C)CCN(C)C.COc1cc2c(Nc3ccc(Br)cc3F)ncnc2cc1OCC1CCN(C)CC1. The summed E-state index contributed by atoms with van der Waals surface area (Å²) in [6, 6.07) is 22.3. The van der Waals surface area contributed by atoms with Crippen LogP contribution in [0.1, 0.15) is 12.8 Å². The van der Waals surface area contributed by atoms with Gasteiger partial charge in [0.15, 0.2) is 11.5 Å². The molecule has 0 aliphatic carbocycles. The number of likely N-dealkylation sites (tertiary alicyclic amines) is 1. The molecular formula is C50H57BrFN11O4. The number of aromatic nitrogens is 5. The number of rotatable bonds is 16. The molecule has 350 valence electrons. The summed E-state index contributed by atoms with van der Waals surface area (Å²) in [5.74, 6) is 2.63. The Morgan fingerprint density at radius 1 is 0.881 bits per heavy atom. The number of carbonyl (C=O) groups excluding carboxylic acids is 1. The van der Waals surface area contributed by atoms with Crippen LogP contribution in [0.2, 0.25) is 0 Å². The molecule has 0 spiro atoms. The van der Waals surface area contributed by atoms with Crippen LogP contribution in [0, 0.1) is 11.7 Å². The van der Waals surface area contributed by atoms with Crippen molar-refractivity contribution in [2.75, 3.05) is 96.0 Å². The molecule has 4 heterocycles. The molecule has 1 aliphatic heterocycles. The number of para-hydroxylation sites is 1. The first kappa shape index (κ1) is 48.1. The van der Waals surface area contributed by atoms with Gasteiger partial charge < -0.3 is 49.4 Å². The van der Waals surface area contributed by atoms with Crippen LogP contribution >= 0.6 is 15.9 Å². The van der Waals surface area contributed by atoms with E-state index in [1.807, 2.05) is 70.7 Å². The van der Waals surface area contributed by atoms with Crippen molar-refractivity contribution in [3.63, 3.8) is 0 Å². The van der Waals surface area contributed by atoms with Gasteiger partial charge in [0.2, 0.25) is 11.9 Å². The number of carbonyl (C=O) groups is 1. The monoisotopic (exact) mass is 973 g/mol. The topological polar surface area (TPSA) is 147 Å². The van der Waals surface area contributed by atoms with Gasteiger partial charge in [-0.2, -0.15) is 0 Å². The van der Waals surface area contributed by atoms with Gasteiger partial charge in [0.1, 0.15) is 23.7 Å². The van der Waals surface area contributed by atoms with E-state index in [-0.39, 0.29) is 11.7 Å². The summed E-state index contributed by atoms with van der Waals surface area (Å²) >= 11 is 3.27. The maximum absolute atomic E-state index is 14.3. The van der Waals surface area contributed by atoms with E-state index in [0.717, 1.165) is 72.3 Å². The van der Waals surface area contributed by atoms with Crippen molar-refractivity contribution >= 4 is 78.2 Å². The Balaban J connectivity index is 0.000000203. The van der Waals surface area contributed by atoms with E-state index in [2.05, 4.69) is 98.1 Å². The Morgan fingerprint density at radius 3 is 2.39 bits per heavy atom. The summed E-state index contributed by atoms with van der Waals surface area (Å²) in [4.78, 5) is 36.6. The lowest BCUT2D eigenvalue weighted by molar-refractivity contribution is -0.111. The van der Waals surface area contributed by atoms with Crippen molar-refractivity contribution in [2.45, 2.75) is 12.8 Å². The summed E-state index contributed by atoms with van der Waals surface area (Å²) < 4.78 is 34.4. The fourth-order valence-corrected chi connectivity index (χ4v) is 8.06.